The molecular weight excluding hydrogens is 1320 g/mol. The number of nitrogens with zero attached hydrogens (tertiary/aromatic N) is 18. The fourth-order valence-electron chi connectivity index (χ4n) is 6.90. The van der Waals surface area contributed by atoms with E-state index in [1.807, 2.05) is 13.8 Å². The Hall–Kier alpha value is -7.04. The summed E-state index contributed by atoms with van der Waals surface area (Å²) in [4.78, 5) is 122. The number of ether oxygens (including phenoxy) is 2. The van der Waals surface area contributed by atoms with Gasteiger partial charge in [-0.2, -0.15) is 0 Å². The van der Waals surface area contributed by atoms with Gasteiger partial charge in [0, 0.05) is 120 Å². The Bertz CT molecular complexity index is 2230. The van der Waals surface area contributed by atoms with Crippen molar-refractivity contribution in [2.24, 2.45) is 54.8 Å². The maximum absolute atomic E-state index is 11.4. The van der Waals surface area contributed by atoms with Crippen LogP contribution in [0.25, 0.3) is 68.2 Å². The first-order valence-electron chi connectivity index (χ1n) is 31.1. The van der Waals surface area contributed by atoms with E-state index in [0.29, 0.717) is 129 Å². The number of Topliss-reactive ketones (excluding diaryl/α,β-unsaturated/α-hetero) is 5. The van der Waals surface area contributed by atoms with Crippen LogP contribution in [-0.4, -0.2) is 139 Å². The van der Waals surface area contributed by atoms with E-state index in [1.54, 1.807) is 13.8 Å². The van der Waals surface area contributed by atoms with Gasteiger partial charge < -0.3 is 56.9 Å². The Morgan fingerprint density at radius 3 is 0.937 bits per heavy atom. The average molecular weight is 1430 g/mol. The Kier molecular flexibility index (Phi) is 100.0. The Morgan fingerprint density at radius 1 is 0.411 bits per heavy atom. The number of methoxy groups -OCH3 is 2. The number of carbonyl (C=O) groups excluding carboxylic acids is 7. The number of carbonyl (C=O) groups is 10. The maximum Gasteiger partial charge on any atom is 1.00 e. The molecule has 0 rings (SSSR count). The van der Waals surface area contributed by atoms with Gasteiger partial charge in [-0.1, -0.05) is 107 Å². The van der Waals surface area contributed by atoms with Gasteiger partial charge in [0.2, 0.25) is 0 Å². The molecule has 536 valence electrons. The molecule has 0 spiro atoms. The molecule has 0 aliphatic heterocycles. The Morgan fingerprint density at radius 2 is 0.684 bits per heavy atom. The van der Waals surface area contributed by atoms with Crippen molar-refractivity contribution in [3.8, 4) is 0 Å². The van der Waals surface area contributed by atoms with Gasteiger partial charge in [-0.3, -0.25) is 43.3 Å². The minimum Gasteiger partial charge on any atom is -0.481 e. The summed E-state index contributed by atoms with van der Waals surface area (Å²) in [6.45, 7) is 11.1. The van der Waals surface area contributed by atoms with E-state index < -0.39 is 23.9 Å². The number of hydrogen-bond acceptors (Lipinski definition) is 19. The van der Waals surface area contributed by atoms with Crippen LogP contribution < -0.4 is 41.0 Å². The Labute approximate surface area is 588 Å². The number of esters is 2. The summed E-state index contributed by atoms with van der Waals surface area (Å²) in [6.07, 6.45) is 20.5. The number of azide groups is 5. The number of rotatable bonds is 49. The second-order valence-corrected chi connectivity index (χ2v) is 21.5. The van der Waals surface area contributed by atoms with Crippen molar-refractivity contribution in [1.82, 2.24) is 0 Å². The van der Waals surface area contributed by atoms with Crippen molar-refractivity contribution in [3.05, 3.63) is 68.2 Å². The molecule has 0 saturated carbocycles. The van der Waals surface area contributed by atoms with Gasteiger partial charge in [0.25, 0.3) is 0 Å². The zero-order chi connectivity index (χ0) is 73.4. The first-order chi connectivity index (χ1) is 44.7. The van der Waals surface area contributed by atoms with Crippen molar-refractivity contribution in [3.63, 3.8) is 0 Å². The molecule has 0 saturated heterocycles. The predicted octanol–water partition coefficient (Wildman–Crippen LogP) is 12.1. The van der Waals surface area contributed by atoms with Crippen molar-refractivity contribution in [2.75, 3.05) is 58.8 Å². The minimum absolute atomic E-state index is 0. The van der Waals surface area contributed by atoms with Crippen LogP contribution in [0.2, 0.25) is 0 Å². The van der Waals surface area contributed by atoms with Gasteiger partial charge in [-0.15, -0.1) is 0 Å². The molecule has 0 aliphatic carbocycles. The largest absolute Gasteiger partial charge is 1.00 e. The average Bonchev–Trinajstić information content (AvgIpc) is 3.72. The molecule has 0 aromatic carbocycles. The van der Waals surface area contributed by atoms with E-state index in [9.17, 15) is 47.9 Å². The van der Waals surface area contributed by atoms with Crippen LogP contribution in [0, 0.1) is 17.8 Å². The van der Waals surface area contributed by atoms with Gasteiger partial charge in [0.15, 0.2) is 0 Å². The molecular formula is C58H106BrN20NaO15. The van der Waals surface area contributed by atoms with Crippen LogP contribution in [-0.2, 0) is 57.4 Å². The van der Waals surface area contributed by atoms with Gasteiger partial charge in [-0.05, 0) is 138 Å². The second kappa shape index (κ2) is 89.0. The zero-order valence-corrected chi connectivity index (χ0v) is 60.9. The topological polar surface area (TPSA) is 604 Å². The van der Waals surface area contributed by atoms with E-state index in [1.165, 1.54) is 26.1 Å². The molecule has 0 unspecified atom stereocenters. The molecule has 0 amide bonds. The number of hydrogen-bond donors (Lipinski definition) is 5. The maximum atomic E-state index is 11.4. The standard InChI is InChI=1S/C13H23N3O3.C12H21N3O3.C11H20N4O3.C8H17NO2.C5H9BrO.C5H9N3O.C4H7N3O2.N3.Na/c1-11(13(18)19-2)7-4-3-5-8-12(17)9-6-10-15-16-14;1-10(12(17)18)6-3-2-4-7-11(16)8-5-9-14-15-13;12-10(11(17)18)7-3-1-2-5-9(16)6-4-8-14-15-13;1-7(8(10)11-2)5-3-4-6-9;1-5(7)3-2-4-6;1-5(9)3-2-4-7-8-6;5-7-6-3-1-2-4(8)9;1-3-2;/h11H,3-10H2,1-2H3;10H,2-9H2,1H3,(H,17,18);10H,1-8,12H2,(H,17,18);7H,3-6,9H2,1-2H3;2-4H2,1H3;2-4H2,1H3;1-3H2,(H,8,9);;/q;;;;;;;-1;+1/t11-;2*10-;7-;;;;;/m0000...../s1. The fourth-order valence-corrected chi connectivity index (χ4v) is 7.18. The Balaban J connectivity index is -0.000000132. The third-order valence-corrected chi connectivity index (χ3v) is 12.8. The number of aliphatic carboxylic acids is 3. The first-order valence-corrected chi connectivity index (χ1v) is 32.2. The summed E-state index contributed by atoms with van der Waals surface area (Å²) in [5.74, 6) is -2.26. The molecule has 0 bridgehead atoms. The smallest absolute Gasteiger partial charge is 0.481 e. The van der Waals surface area contributed by atoms with E-state index in [0.717, 1.165) is 95.2 Å². The molecule has 0 aliphatic rings. The molecule has 37 heteroatoms. The summed E-state index contributed by atoms with van der Waals surface area (Å²) >= 11 is 3.23. The fraction of sp³-hybridized carbons (Fsp3) is 0.828. The van der Waals surface area contributed by atoms with Crippen molar-refractivity contribution in [2.45, 2.75) is 233 Å². The molecule has 0 heterocycles. The minimum atomic E-state index is -0.982. The molecule has 0 aromatic rings. The van der Waals surface area contributed by atoms with Crippen LogP contribution in [0.5, 0.6) is 0 Å². The number of nitrogens with two attached hydrogens (primary N) is 2. The number of ketones is 5. The van der Waals surface area contributed by atoms with Gasteiger partial charge in [0.05, 0.1) is 32.0 Å². The third kappa shape index (κ3) is 109. The van der Waals surface area contributed by atoms with E-state index >= 15 is 0 Å². The van der Waals surface area contributed by atoms with Crippen LogP contribution in [0.3, 0.4) is 0 Å². The monoisotopic (exact) mass is 1420 g/mol. The summed E-state index contributed by atoms with van der Waals surface area (Å²) in [5, 5.41) is 42.8. The normalized spacial score (nSPS) is 10.4. The summed E-state index contributed by atoms with van der Waals surface area (Å²) in [6, 6.07) is -0.801. The van der Waals surface area contributed by atoms with Crippen LogP contribution in [0.1, 0.15) is 227 Å². The molecule has 0 radical (unpaired) electrons. The van der Waals surface area contributed by atoms with Crippen LogP contribution in [0.4, 0.5) is 0 Å². The van der Waals surface area contributed by atoms with E-state index in [-0.39, 0.29) is 101 Å². The molecule has 0 aromatic heterocycles. The molecule has 4 atom stereocenters. The number of halogens is 1. The molecule has 7 N–H and O–H groups in total. The van der Waals surface area contributed by atoms with E-state index in [4.69, 9.17) is 65.5 Å². The number of unbranched alkanes of at least 4 members (excludes halogenated alkanes) is 7. The van der Waals surface area contributed by atoms with Crippen molar-refractivity contribution in [1.29, 1.82) is 0 Å². The first kappa shape index (κ1) is 107. The van der Waals surface area contributed by atoms with Crippen molar-refractivity contribution < 1.29 is 102 Å². The van der Waals surface area contributed by atoms with Gasteiger partial charge in [0.1, 0.15) is 35.0 Å². The second-order valence-electron chi connectivity index (χ2n) is 20.7. The molecule has 0 fully saturated rings. The summed E-state index contributed by atoms with van der Waals surface area (Å²) in [5.41, 5.74) is 63.9. The van der Waals surface area contributed by atoms with Crippen LogP contribution in [0.15, 0.2) is 25.6 Å². The van der Waals surface area contributed by atoms with Crippen molar-refractivity contribution >= 4 is 74.7 Å². The third-order valence-electron chi connectivity index (χ3n) is 12.2. The summed E-state index contributed by atoms with van der Waals surface area (Å²) < 4.78 is 9.22. The summed E-state index contributed by atoms with van der Waals surface area (Å²) in [7, 11) is 2.82. The number of carboxylic acid groups (broad SMARTS) is 3. The zero-order valence-electron chi connectivity index (χ0n) is 57.3. The van der Waals surface area contributed by atoms with E-state index in [2.05, 4.69) is 75.5 Å². The quantitative estimate of drug-likeness (QED) is 0.00718. The number of alkyl halides is 1. The predicted molar refractivity (Wildman–Crippen MR) is 360 cm³/mol. The number of carboxylic acids is 3. The van der Waals surface area contributed by atoms with Gasteiger partial charge >= 0.3 is 59.4 Å². The van der Waals surface area contributed by atoms with Crippen LogP contribution >= 0.6 is 15.9 Å². The van der Waals surface area contributed by atoms with Gasteiger partial charge in [-0.25, -0.2) is 0 Å². The molecule has 35 nitrogen and oxygen atoms in total. The molecule has 95 heavy (non-hydrogen) atoms. The SMILES string of the molecule is CC(=O)CCCBr.CC(=O)CCCN=[N+]=[N-].COC(=O)[C@@H](C)CCCCCC(=O)CCCN=[N+]=[N-].COC(=O)[C@@H](C)CCCCN.C[C@@H](CCCCCC(=O)CCCN=[N+]=[N-])C(=O)O.[N-]=[N+]=NCCCC(=O)CCCCC[C@H](N)C(=O)O.[N-]=[N+]=NCCCC(=O)O.[N-]=[N+]=[N-].[Na+].